The number of rotatable bonds is 5. The van der Waals surface area contributed by atoms with Gasteiger partial charge in [-0.05, 0) is 12.5 Å². The van der Waals surface area contributed by atoms with Gasteiger partial charge in [-0.3, -0.25) is 4.79 Å². The number of thioether (sulfide) groups is 1. The van der Waals surface area contributed by atoms with Crippen molar-refractivity contribution in [2.45, 2.75) is 33.4 Å². The number of carbonyl (C=O) groups excluding carboxylic acids is 1. The lowest BCUT2D eigenvalue weighted by molar-refractivity contribution is -0.128. The number of benzene rings is 1. The monoisotopic (exact) mass is 265 g/mol. The molecule has 0 aliphatic carbocycles. The Bertz CT molecular complexity index is 378. The molecule has 0 aromatic heterocycles. The fraction of sp³-hybridized carbons (Fsp3) is 0.533. The van der Waals surface area contributed by atoms with E-state index in [2.05, 4.69) is 36.5 Å². The fourth-order valence-electron chi connectivity index (χ4n) is 1.38. The van der Waals surface area contributed by atoms with E-state index in [9.17, 15) is 4.79 Å². The Morgan fingerprint density at radius 3 is 2.39 bits per heavy atom. The number of carbonyl (C=O) groups is 1. The minimum atomic E-state index is -0.290. The molecule has 1 amide bonds. The summed E-state index contributed by atoms with van der Waals surface area (Å²) in [6.07, 6.45) is 0. The molecule has 0 saturated heterocycles. The normalized spacial score (nSPS) is 11.3. The smallest absolute Gasteiger partial charge is 0.225 e. The van der Waals surface area contributed by atoms with Crippen molar-refractivity contribution in [3.63, 3.8) is 0 Å². The van der Waals surface area contributed by atoms with Crippen LogP contribution < -0.4 is 5.32 Å². The maximum Gasteiger partial charge on any atom is 0.225 e. The molecule has 0 saturated carbocycles. The lowest BCUT2D eigenvalue weighted by atomic mass is 9.96. The molecule has 1 aromatic rings. The molecule has 0 aliphatic rings. The minimum absolute atomic E-state index is 0.124. The Labute approximate surface area is 115 Å². The van der Waals surface area contributed by atoms with Crippen molar-refractivity contribution >= 4 is 17.7 Å². The molecule has 0 bridgehead atoms. The Kier molecular flexibility index (Phi) is 5.73. The standard InChI is InChI=1S/C15H23NOS/c1-12-5-7-13(8-6-12)11-18-10-9-16-14(17)15(2,3)4/h5-8H,9-11H2,1-4H3,(H,16,17). The van der Waals surface area contributed by atoms with Gasteiger partial charge in [0, 0.05) is 23.5 Å². The molecular formula is C15H23NOS. The zero-order chi connectivity index (χ0) is 13.6. The Hall–Kier alpha value is -0.960. The summed E-state index contributed by atoms with van der Waals surface area (Å²) in [5.74, 6) is 2.08. The molecule has 2 nitrogen and oxygen atoms in total. The molecule has 0 atom stereocenters. The fourth-order valence-corrected chi connectivity index (χ4v) is 2.20. The van der Waals surface area contributed by atoms with E-state index in [1.54, 1.807) is 0 Å². The molecule has 0 radical (unpaired) electrons. The molecular weight excluding hydrogens is 242 g/mol. The lowest BCUT2D eigenvalue weighted by Crippen LogP contribution is -2.36. The van der Waals surface area contributed by atoms with E-state index >= 15 is 0 Å². The van der Waals surface area contributed by atoms with E-state index in [4.69, 9.17) is 0 Å². The molecule has 0 spiro atoms. The third kappa shape index (κ3) is 5.58. The maximum atomic E-state index is 11.6. The number of hydrogen-bond acceptors (Lipinski definition) is 2. The molecule has 1 rings (SSSR count). The van der Waals surface area contributed by atoms with E-state index in [1.807, 2.05) is 32.5 Å². The molecule has 0 unspecified atom stereocenters. The SMILES string of the molecule is Cc1ccc(CSCCNC(=O)C(C)(C)C)cc1. The van der Waals surface area contributed by atoms with Crippen LogP contribution in [0.4, 0.5) is 0 Å². The van der Waals surface area contributed by atoms with Crippen molar-refractivity contribution in [2.75, 3.05) is 12.3 Å². The third-order valence-corrected chi connectivity index (χ3v) is 3.63. The number of hydrogen-bond donors (Lipinski definition) is 1. The molecule has 100 valence electrons. The van der Waals surface area contributed by atoms with Gasteiger partial charge in [0.05, 0.1) is 0 Å². The topological polar surface area (TPSA) is 29.1 Å². The predicted molar refractivity (Wildman–Crippen MR) is 79.8 cm³/mol. The Morgan fingerprint density at radius 1 is 1.22 bits per heavy atom. The maximum absolute atomic E-state index is 11.6. The quantitative estimate of drug-likeness (QED) is 0.827. The molecule has 0 heterocycles. The van der Waals surface area contributed by atoms with Gasteiger partial charge >= 0.3 is 0 Å². The van der Waals surface area contributed by atoms with Crippen LogP contribution in [0.15, 0.2) is 24.3 Å². The van der Waals surface area contributed by atoms with Crippen molar-refractivity contribution < 1.29 is 4.79 Å². The van der Waals surface area contributed by atoms with Gasteiger partial charge in [0.15, 0.2) is 0 Å². The van der Waals surface area contributed by atoms with E-state index in [-0.39, 0.29) is 11.3 Å². The lowest BCUT2D eigenvalue weighted by Gasteiger charge is -2.17. The van der Waals surface area contributed by atoms with Crippen LogP contribution in [0.25, 0.3) is 0 Å². The van der Waals surface area contributed by atoms with Gasteiger partial charge in [0.25, 0.3) is 0 Å². The third-order valence-electron chi connectivity index (χ3n) is 2.60. The highest BCUT2D eigenvalue weighted by Gasteiger charge is 2.19. The van der Waals surface area contributed by atoms with Crippen LogP contribution in [0.3, 0.4) is 0 Å². The van der Waals surface area contributed by atoms with Crippen LogP contribution in [0, 0.1) is 12.3 Å². The highest BCUT2D eigenvalue weighted by atomic mass is 32.2. The number of nitrogens with one attached hydrogen (secondary N) is 1. The molecule has 0 aliphatic heterocycles. The number of aryl methyl sites for hydroxylation is 1. The van der Waals surface area contributed by atoms with Gasteiger partial charge in [-0.25, -0.2) is 0 Å². The first-order valence-corrected chi connectivity index (χ1v) is 7.46. The predicted octanol–water partition coefficient (Wildman–Crippen LogP) is 3.39. The molecule has 3 heteroatoms. The second kappa shape index (κ2) is 6.83. The molecule has 0 fully saturated rings. The average molecular weight is 265 g/mol. The van der Waals surface area contributed by atoms with Crippen molar-refractivity contribution in [2.24, 2.45) is 5.41 Å². The van der Waals surface area contributed by atoms with Gasteiger partial charge < -0.3 is 5.32 Å². The Morgan fingerprint density at radius 2 is 1.83 bits per heavy atom. The highest BCUT2D eigenvalue weighted by molar-refractivity contribution is 7.98. The largest absolute Gasteiger partial charge is 0.355 e. The summed E-state index contributed by atoms with van der Waals surface area (Å²) in [5, 5.41) is 2.96. The summed E-state index contributed by atoms with van der Waals surface area (Å²) < 4.78 is 0. The van der Waals surface area contributed by atoms with Gasteiger partial charge in [-0.15, -0.1) is 0 Å². The Balaban J connectivity index is 2.16. The summed E-state index contributed by atoms with van der Waals surface area (Å²) >= 11 is 1.85. The van der Waals surface area contributed by atoms with Gasteiger partial charge in [-0.2, -0.15) is 11.8 Å². The summed E-state index contributed by atoms with van der Waals surface area (Å²) in [6.45, 7) is 8.64. The van der Waals surface area contributed by atoms with Crippen LogP contribution in [0.2, 0.25) is 0 Å². The number of amides is 1. The summed E-state index contributed by atoms with van der Waals surface area (Å²) in [7, 11) is 0. The van der Waals surface area contributed by atoms with E-state index in [0.29, 0.717) is 0 Å². The van der Waals surface area contributed by atoms with Gasteiger partial charge in [0.1, 0.15) is 0 Å². The van der Waals surface area contributed by atoms with Crippen LogP contribution >= 0.6 is 11.8 Å². The molecule has 18 heavy (non-hydrogen) atoms. The second-order valence-electron chi connectivity index (χ2n) is 5.54. The van der Waals surface area contributed by atoms with E-state index in [0.717, 1.165) is 18.1 Å². The van der Waals surface area contributed by atoms with E-state index in [1.165, 1.54) is 11.1 Å². The van der Waals surface area contributed by atoms with Crippen molar-refractivity contribution in [1.82, 2.24) is 5.32 Å². The van der Waals surface area contributed by atoms with E-state index < -0.39 is 0 Å². The summed E-state index contributed by atoms with van der Waals surface area (Å²) in [5.41, 5.74) is 2.34. The first kappa shape index (κ1) is 15.1. The molecule has 1 aromatic carbocycles. The van der Waals surface area contributed by atoms with Crippen LogP contribution in [-0.4, -0.2) is 18.2 Å². The van der Waals surface area contributed by atoms with Crippen LogP contribution in [0.1, 0.15) is 31.9 Å². The van der Waals surface area contributed by atoms with Crippen LogP contribution in [-0.2, 0) is 10.5 Å². The average Bonchev–Trinajstić information content (AvgIpc) is 2.29. The zero-order valence-corrected chi connectivity index (χ0v) is 12.6. The first-order valence-electron chi connectivity index (χ1n) is 6.31. The van der Waals surface area contributed by atoms with Crippen molar-refractivity contribution in [3.05, 3.63) is 35.4 Å². The minimum Gasteiger partial charge on any atom is -0.355 e. The highest BCUT2D eigenvalue weighted by Crippen LogP contribution is 2.14. The summed E-state index contributed by atoms with van der Waals surface area (Å²) in [4.78, 5) is 11.6. The zero-order valence-electron chi connectivity index (χ0n) is 11.7. The van der Waals surface area contributed by atoms with Crippen molar-refractivity contribution in [1.29, 1.82) is 0 Å². The van der Waals surface area contributed by atoms with Crippen LogP contribution in [0.5, 0.6) is 0 Å². The van der Waals surface area contributed by atoms with Crippen molar-refractivity contribution in [3.8, 4) is 0 Å². The van der Waals surface area contributed by atoms with Gasteiger partial charge in [-0.1, -0.05) is 50.6 Å². The first-order chi connectivity index (χ1) is 8.39. The molecule has 1 N–H and O–H groups in total. The summed E-state index contributed by atoms with van der Waals surface area (Å²) in [6, 6.07) is 8.60. The van der Waals surface area contributed by atoms with Gasteiger partial charge in [0.2, 0.25) is 5.91 Å². The second-order valence-corrected chi connectivity index (χ2v) is 6.65.